The number of nitrogens with one attached hydrogen (secondary N) is 1. The molecule has 0 saturated heterocycles. The van der Waals surface area contributed by atoms with Crippen LogP contribution in [-0.2, 0) is 6.42 Å². The third kappa shape index (κ3) is 3.90. The molecule has 0 aliphatic carbocycles. The normalized spacial score (nSPS) is 14.6. The molecule has 100 valence electrons. The molecule has 0 bridgehead atoms. The molecule has 4 heteroatoms. The molecule has 1 aromatic carbocycles. The van der Waals surface area contributed by atoms with Gasteiger partial charge < -0.3 is 0 Å². The highest BCUT2D eigenvalue weighted by Gasteiger charge is 2.16. The second-order valence-electron chi connectivity index (χ2n) is 4.88. The van der Waals surface area contributed by atoms with Gasteiger partial charge in [-0.15, -0.1) is 0 Å². The van der Waals surface area contributed by atoms with E-state index in [-0.39, 0.29) is 0 Å². The van der Waals surface area contributed by atoms with Crippen molar-refractivity contribution in [2.75, 3.05) is 5.43 Å². The fraction of sp³-hybridized carbons (Fsp3) is 0.571. The topological polar surface area (TPSA) is 41.3 Å². The molecule has 3 nitrogen and oxygen atoms in total. The third-order valence-corrected chi connectivity index (χ3v) is 4.11. The summed E-state index contributed by atoms with van der Waals surface area (Å²) in [5.74, 6) is 5.69. The van der Waals surface area contributed by atoms with Crippen molar-refractivity contribution in [3.8, 4) is 0 Å². The number of hydrazine groups is 2. The van der Waals surface area contributed by atoms with E-state index in [0.717, 1.165) is 5.69 Å². The van der Waals surface area contributed by atoms with E-state index in [9.17, 15) is 0 Å². The van der Waals surface area contributed by atoms with Crippen molar-refractivity contribution in [2.24, 2.45) is 5.84 Å². The molecule has 0 fully saturated rings. The van der Waals surface area contributed by atoms with Crippen LogP contribution in [0.2, 0.25) is 0 Å². The third-order valence-electron chi connectivity index (χ3n) is 3.29. The van der Waals surface area contributed by atoms with Gasteiger partial charge in [0.1, 0.15) is 0 Å². The van der Waals surface area contributed by atoms with E-state index in [1.165, 1.54) is 55.4 Å². The Morgan fingerprint density at radius 2 is 1.94 bits per heavy atom. The van der Waals surface area contributed by atoms with Crippen LogP contribution in [0.4, 0.5) is 5.69 Å². The van der Waals surface area contributed by atoms with Crippen molar-refractivity contribution < 1.29 is 0 Å². The molecule has 0 atom stereocenters. The van der Waals surface area contributed by atoms with Gasteiger partial charge in [-0.2, -0.15) is 0 Å². The number of rotatable bonds is 7. The fourth-order valence-electron chi connectivity index (χ4n) is 2.25. The van der Waals surface area contributed by atoms with Crippen molar-refractivity contribution in [1.82, 2.24) is 4.52 Å². The highest BCUT2D eigenvalue weighted by molar-refractivity contribution is 7.97. The van der Waals surface area contributed by atoms with Crippen LogP contribution < -0.4 is 11.3 Å². The summed E-state index contributed by atoms with van der Waals surface area (Å²) in [4.78, 5) is 1.24. The molecule has 0 saturated carbocycles. The SMILES string of the molecule is CCCCCCCCc1ccc2c(c1)SN(N)N2. The van der Waals surface area contributed by atoms with Crippen LogP contribution >= 0.6 is 11.9 Å². The summed E-state index contributed by atoms with van der Waals surface area (Å²) in [6.07, 6.45) is 9.31. The molecule has 0 aromatic heterocycles. The van der Waals surface area contributed by atoms with Crippen molar-refractivity contribution in [3.63, 3.8) is 0 Å². The van der Waals surface area contributed by atoms with Crippen LogP contribution in [0.1, 0.15) is 51.0 Å². The zero-order valence-corrected chi connectivity index (χ0v) is 11.9. The molecule has 0 radical (unpaired) electrons. The number of unbranched alkanes of at least 4 members (excludes halogenated alkanes) is 5. The van der Waals surface area contributed by atoms with Crippen LogP contribution in [0.5, 0.6) is 0 Å². The Bertz CT molecular complexity index is 381. The molecule has 0 unspecified atom stereocenters. The number of nitrogens with zero attached hydrogens (tertiary/aromatic N) is 1. The summed E-state index contributed by atoms with van der Waals surface area (Å²) in [7, 11) is 0. The van der Waals surface area contributed by atoms with E-state index in [4.69, 9.17) is 5.84 Å². The highest BCUT2D eigenvalue weighted by atomic mass is 32.2. The predicted octanol–water partition coefficient (Wildman–Crippen LogP) is 4.11. The van der Waals surface area contributed by atoms with Crippen LogP contribution in [0.25, 0.3) is 0 Å². The molecule has 1 aliphatic heterocycles. The average molecular weight is 265 g/mol. The van der Waals surface area contributed by atoms with E-state index in [0.29, 0.717) is 0 Å². The zero-order valence-electron chi connectivity index (χ0n) is 11.1. The molecule has 2 rings (SSSR count). The van der Waals surface area contributed by atoms with Gasteiger partial charge in [0.25, 0.3) is 0 Å². The lowest BCUT2D eigenvalue weighted by atomic mass is 10.0. The predicted molar refractivity (Wildman–Crippen MR) is 79.0 cm³/mol. The standard InChI is InChI=1S/C14H23N3S/c1-2-3-4-5-6-7-8-12-9-10-13-14(11-12)18-17(15)16-13/h9-11,16H,2-8,15H2,1H3. The quantitative estimate of drug-likeness (QED) is 0.442. The largest absolute Gasteiger partial charge is 0.294 e. The minimum absolute atomic E-state index is 1.12. The van der Waals surface area contributed by atoms with Gasteiger partial charge >= 0.3 is 0 Å². The van der Waals surface area contributed by atoms with Crippen molar-refractivity contribution >= 4 is 17.6 Å². The summed E-state index contributed by atoms with van der Waals surface area (Å²) in [6, 6.07) is 6.59. The second kappa shape index (κ2) is 7.02. The first-order valence-electron chi connectivity index (χ1n) is 6.92. The monoisotopic (exact) mass is 265 g/mol. The van der Waals surface area contributed by atoms with Crippen molar-refractivity contribution in [2.45, 2.75) is 56.8 Å². The molecule has 0 spiro atoms. The van der Waals surface area contributed by atoms with E-state index in [1.807, 2.05) is 0 Å². The fourth-order valence-corrected chi connectivity index (χ4v) is 3.02. The van der Waals surface area contributed by atoms with Crippen LogP contribution in [-0.4, -0.2) is 4.52 Å². The van der Waals surface area contributed by atoms with Gasteiger partial charge in [-0.25, -0.2) is 5.84 Å². The van der Waals surface area contributed by atoms with E-state index >= 15 is 0 Å². The average Bonchev–Trinajstić information content (AvgIpc) is 2.73. The smallest absolute Gasteiger partial charge is 0.0663 e. The van der Waals surface area contributed by atoms with Gasteiger partial charge in [-0.05, 0) is 42.5 Å². The number of anilines is 1. The van der Waals surface area contributed by atoms with Crippen LogP contribution in [0.15, 0.2) is 23.1 Å². The lowest BCUT2D eigenvalue weighted by molar-refractivity contribution is 0.607. The summed E-state index contributed by atoms with van der Waals surface area (Å²) in [6.45, 7) is 2.26. The number of hydrogen-bond donors (Lipinski definition) is 2. The lowest BCUT2D eigenvalue weighted by Gasteiger charge is -2.04. The summed E-state index contributed by atoms with van der Waals surface area (Å²) in [5.41, 5.74) is 5.63. The maximum Gasteiger partial charge on any atom is 0.0663 e. The number of aryl methyl sites for hydroxylation is 1. The van der Waals surface area contributed by atoms with Gasteiger partial charge in [0.2, 0.25) is 0 Å². The van der Waals surface area contributed by atoms with Gasteiger partial charge in [-0.1, -0.05) is 49.6 Å². The molecular weight excluding hydrogens is 242 g/mol. The Morgan fingerprint density at radius 3 is 2.78 bits per heavy atom. The number of benzene rings is 1. The number of nitrogens with two attached hydrogens (primary N) is 1. The summed E-state index contributed by atoms with van der Waals surface area (Å²) in [5, 5.41) is 0. The maximum atomic E-state index is 5.69. The van der Waals surface area contributed by atoms with Gasteiger partial charge in [0.05, 0.1) is 10.6 Å². The molecule has 3 N–H and O–H groups in total. The van der Waals surface area contributed by atoms with Gasteiger partial charge in [0, 0.05) is 0 Å². The molecular formula is C14H23N3S. The Hall–Kier alpha value is -0.710. The molecule has 1 aromatic rings. The van der Waals surface area contributed by atoms with Crippen molar-refractivity contribution in [1.29, 1.82) is 0 Å². The molecule has 18 heavy (non-hydrogen) atoms. The molecule has 0 amide bonds. The van der Waals surface area contributed by atoms with Crippen LogP contribution in [0, 0.1) is 0 Å². The van der Waals surface area contributed by atoms with Gasteiger partial charge in [0.15, 0.2) is 0 Å². The minimum Gasteiger partial charge on any atom is -0.294 e. The highest BCUT2D eigenvalue weighted by Crippen LogP contribution is 2.35. The maximum absolute atomic E-state index is 5.69. The van der Waals surface area contributed by atoms with Gasteiger partial charge in [-0.3, -0.25) is 5.43 Å². The Kier molecular flexibility index (Phi) is 5.35. The Morgan fingerprint density at radius 1 is 1.17 bits per heavy atom. The summed E-state index contributed by atoms with van der Waals surface area (Å²) < 4.78 is 1.55. The Balaban J connectivity index is 1.72. The first-order chi connectivity index (χ1) is 8.79. The summed E-state index contributed by atoms with van der Waals surface area (Å²) >= 11 is 1.56. The number of hydrogen-bond acceptors (Lipinski definition) is 4. The first-order valence-corrected chi connectivity index (χ1v) is 7.69. The van der Waals surface area contributed by atoms with Crippen LogP contribution in [0.3, 0.4) is 0 Å². The Labute approximate surface area is 114 Å². The van der Waals surface area contributed by atoms with E-state index < -0.39 is 0 Å². The number of fused-ring (bicyclic) bond motifs is 1. The lowest BCUT2D eigenvalue weighted by Crippen LogP contribution is -2.25. The molecule has 1 aliphatic rings. The van der Waals surface area contributed by atoms with E-state index in [2.05, 4.69) is 30.5 Å². The minimum atomic E-state index is 1.12. The van der Waals surface area contributed by atoms with Crippen molar-refractivity contribution in [3.05, 3.63) is 23.8 Å². The second-order valence-corrected chi connectivity index (χ2v) is 5.89. The van der Waals surface area contributed by atoms with E-state index in [1.54, 1.807) is 16.5 Å². The molecule has 1 heterocycles. The zero-order chi connectivity index (χ0) is 12.8. The first kappa shape index (κ1) is 13.7.